The summed E-state index contributed by atoms with van der Waals surface area (Å²) in [4.78, 5) is 0.0955. The Morgan fingerprint density at radius 3 is 2.76 bits per heavy atom. The van der Waals surface area contributed by atoms with Gasteiger partial charge in [0.2, 0.25) is 10.0 Å². The van der Waals surface area contributed by atoms with E-state index in [4.69, 9.17) is 16.3 Å². The number of hydrogen-bond donors (Lipinski definition) is 1. The molecule has 1 aromatic rings. The highest BCUT2D eigenvalue weighted by atomic mass is 79.9. The predicted octanol–water partition coefficient (Wildman–Crippen LogP) is 2.48. The highest BCUT2D eigenvalue weighted by Crippen LogP contribution is 2.37. The van der Waals surface area contributed by atoms with Crippen molar-refractivity contribution < 1.29 is 13.2 Å². The van der Waals surface area contributed by atoms with Gasteiger partial charge in [-0.25, -0.2) is 8.42 Å². The highest BCUT2D eigenvalue weighted by Gasteiger charge is 2.34. The summed E-state index contributed by atoms with van der Waals surface area (Å²) in [7, 11) is -2.22. The summed E-state index contributed by atoms with van der Waals surface area (Å²) in [6, 6.07) is 3.01. The molecule has 0 radical (unpaired) electrons. The van der Waals surface area contributed by atoms with Crippen molar-refractivity contribution >= 4 is 37.6 Å². The molecule has 0 saturated carbocycles. The van der Waals surface area contributed by atoms with Gasteiger partial charge in [-0.15, -0.1) is 0 Å². The molecule has 1 aliphatic rings. The van der Waals surface area contributed by atoms with Crippen molar-refractivity contribution in [2.75, 3.05) is 26.7 Å². The van der Waals surface area contributed by atoms with Crippen molar-refractivity contribution in [1.29, 1.82) is 0 Å². The molecule has 8 heteroatoms. The van der Waals surface area contributed by atoms with Crippen LogP contribution in [-0.2, 0) is 10.0 Å². The number of rotatable bonds is 5. The standard InChI is InChI=1S/C13H18BrClN2O3S/c1-3-17(10-4-5-16-8-10)21(18,19)12-7-9(15)6-11(14)13(12)20-2/h6-7,10,16H,3-5,8H2,1-2H3. The van der Waals surface area contributed by atoms with Crippen molar-refractivity contribution in [2.24, 2.45) is 0 Å². The molecule has 0 aliphatic carbocycles. The average molecular weight is 398 g/mol. The van der Waals surface area contributed by atoms with Crippen molar-refractivity contribution in [3.63, 3.8) is 0 Å². The SMILES string of the molecule is CCN(C1CCNC1)S(=O)(=O)c1cc(Cl)cc(Br)c1OC. The van der Waals surface area contributed by atoms with Gasteiger partial charge in [0, 0.05) is 24.2 Å². The van der Waals surface area contributed by atoms with E-state index < -0.39 is 10.0 Å². The molecule has 21 heavy (non-hydrogen) atoms. The summed E-state index contributed by atoms with van der Waals surface area (Å²) in [5.41, 5.74) is 0. The lowest BCUT2D eigenvalue weighted by molar-refractivity contribution is 0.344. The summed E-state index contributed by atoms with van der Waals surface area (Å²) in [5.74, 6) is 0.281. The minimum absolute atomic E-state index is 0.0394. The van der Waals surface area contributed by atoms with E-state index in [0.717, 1.165) is 13.0 Å². The van der Waals surface area contributed by atoms with Gasteiger partial charge >= 0.3 is 0 Å². The van der Waals surface area contributed by atoms with Crippen molar-refractivity contribution in [2.45, 2.75) is 24.3 Å². The quantitative estimate of drug-likeness (QED) is 0.829. The summed E-state index contributed by atoms with van der Waals surface area (Å²) >= 11 is 9.31. The number of benzene rings is 1. The summed E-state index contributed by atoms with van der Waals surface area (Å²) < 4.78 is 33.2. The number of nitrogens with zero attached hydrogens (tertiary/aromatic N) is 1. The largest absolute Gasteiger partial charge is 0.494 e. The molecule has 1 aromatic carbocycles. The number of hydrogen-bond acceptors (Lipinski definition) is 4. The summed E-state index contributed by atoms with van der Waals surface area (Å²) in [6.07, 6.45) is 0.803. The van der Waals surface area contributed by atoms with E-state index >= 15 is 0 Å². The Labute approximate surface area is 138 Å². The second-order valence-electron chi connectivity index (χ2n) is 4.77. The van der Waals surface area contributed by atoms with Crippen LogP contribution in [0.1, 0.15) is 13.3 Å². The van der Waals surface area contributed by atoms with E-state index in [0.29, 0.717) is 22.6 Å². The fraction of sp³-hybridized carbons (Fsp3) is 0.538. The number of methoxy groups -OCH3 is 1. The molecule has 1 fully saturated rings. The minimum Gasteiger partial charge on any atom is -0.494 e. The Morgan fingerprint density at radius 2 is 2.24 bits per heavy atom. The Bertz CT molecular complexity index is 618. The van der Waals surface area contributed by atoms with E-state index in [1.54, 1.807) is 6.07 Å². The molecule has 1 aliphatic heterocycles. The zero-order valence-electron chi connectivity index (χ0n) is 11.9. The average Bonchev–Trinajstić information content (AvgIpc) is 2.92. The van der Waals surface area contributed by atoms with Crippen LogP contribution in [0.15, 0.2) is 21.5 Å². The van der Waals surface area contributed by atoms with E-state index in [1.807, 2.05) is 6.92 Å². The molecule has 1 saturated heterocycles. The zero-order valence-corrected chi connectivity index (χ0v) is 15.1. The summed E-state index contributed by atoms with van der Waals surface area (Å²) in [5, 5.41) is 3.54. The van der Waals surface area contributed by atoms with Gasteiger partial charge in [0.25, 0.3) is 0 Å². The maximum absolute atomic E-state index is 13.0. The van der Waals surface area contributed by atoms with E-state index in [9.17, 15) is 8.42 Å². The van der Waals surface area contributed by atoms with Gasteiger partial charge in [-0.2, -0.15) is 4.31 Å². The molecule has 0 aromatic heterocycles. The minimum atomic E-state index is -3.67. The lowest BCUT2D eigenvalue weighted by Gasteiger charge is -2.27. The highest BCUT2D eigenvalue weighted by molar-refractivity contribution is 9.10. The Morgan fingerprint density at radius 1 is 1.52 bits per heavy atom. The second kappa shape index (κ2) is 6.83. The van der Waals surface area contributed by atoms with Gasteiger partial charge in [0.1, 0.15) is 4.90 Å². The number of sulfonamides is 1. The fourth-order valence-corrected chi connectivity index (χ4v) is 5.60. The molecule has 1 N–H and O–H groups in total. The Balaban J connectivity index is 2.52. The molecule has 5 nitrogen and oxygen atoms in total. The third-order valence-corrected chi connectivity index (χ3v) is 6.36. The van der Waals surface area contributed by atoms with Crippen LogP contribution in [0.5, 0.6) is 5.75 Å². The van der Waals surface area contributed by atoms with Crippen LogP contribution in [-0.4, -0.2) is 45.5 Å². The first-order valence-corrected chi connectivity index (χ1v) is 9.28. The van der Waals surface area contributed by atoms with E-state index in [2.05, 4.69) is 21.2 Å². The van der Waals surface area contributed by atoms with Gasteiger partial charge in [-0.1, -0.05) is 18.5 Å². The van der Waals surface area contributed by atoms with Crippen LogP contribution in [0.2, 0.25) is 5.02 Å². The van der Waals surface area contributed by atoms with Crippen molar-refractivity contribution in [1.82, 2.24) is 9.62 Å². The van der Waals surface area contributed by atoms with Crippen LogP contribution < -0.4 is 10.1 Å². The number of halogens is 2. The first-order chi connectivity index (χ1) is 9.91. The molecule has 0 spiro atoms. The maximum atomic E-state index is 13.0. The third kappa shape index (κ3) is 3.37. The van der Waals surface area contributed by atoms with E-state index in [1.165, 1.54) is 17.5 Å². The number of ether oxygens (including phenoxy) is 1. The van der Waals surface area contributed by atoms with Gasteiger partial charge in [0.05, 0.1) is 11.6 Å². The summed E-state index contributed by atoms with van der Waals surface area (Å²) in [6.45, 7) is 3.73. The van der Waals surface area contributed by atoms with Gasteiger partial charge in [-0.3, -0.25) is 0 Å². The molecule has 0 bridgehead atoms. The first-order valence-electron chi connectivity index (χ1n) is 6.67. The van der Waals surface area contributed by atoms with Gasteiger partial charge in [-0.05, 0) is 41.0 Å². The Kier molecular flexibility index (Phi) is 5.54. The van der Waals surface area contributed by atoms with Crippen molar-refractivity contribution in [3.05, 3.63) is 21.6 Å². The fourth-order valence-electron chi connectivity index (χ4n) is 2.56. The van der Waals surface area contributed by atoms with Crippen molar-refractivity contribution in [3.8, 4) is 5.75 Å². The molecule has 1 unspecified atom stereocenters. The molecule has 1 heterocycles. The third-order valence-electron chi connectivity index (χ3n) is 3.52. The Hall–Kier alpha value is -0.340. The molecule has 2 rings (SSSR count). The van der Waals surface area contributed by atoms with Crippen LogP contribution in [0.25, 0.3) is 0 Å². The van der Waals surface area contributed by atoms with Crippen LogP contribution >= 0.6 is 27.5 Å². The molecule has 1 atom stereocenters. The predicted molar refractivity (Wildman–Crippen MR) is 86.5 cm³/mol. The van der Waals surface area contributed by atoms with Crippen LogP contribution in [0, 0.1) is 0 Å². The van der Waals surface area contributed by atoms with Gasteiger partial charge < -0.3 is 10.1 Å². The molecule has 0 amide bonds. The lowest BCUT2D eigenvalue weighted by Crippen LogP contribution is -2.41. The van der Waals surface area contributed by atoms with Crippen LogP contribution in [0.4, 0.5) is 0 Å². The van der Waals surface area contributed by atoms with Crippen LogP contribution in [0.3, 0.4) is 0 Å². The zero-order chi connectivity index (χ0) is 15.6. The normalized spacial score (nSPS) is 19.2. The maximum Gasteiger partial charge on any atom is 0.247 e. The topological polar surface area (TPSA) is 58.6 Å². The van der Waals surface area contributed by atoms with Gasteiger partial charge in [0.15, 0.2) is 5.75 Å². The number of likely N-dealkylation sites (N-methyl/N-ethyl adjacent to an activating group) is 1. The van der Waals surface area contributed by atoms with E-state index in [-0.39, 0.29) is 16.7 Å². The smallest absolute Gasteiger partial charge is 0.247 e. The molecule has 118 valence electrons. The molecular weight excluding hydrogens is 380 g/mol. The first kappa shape index (κ1) is 17.0. The monoisotopic (exact) mass is 396 g/mol. The lowest BCUT2D eigenvalue weighted by atomic mass is 10.3. The second-order valence-corrected chi connectivity index (χ2v) is 7.92. The molecular formula is C13H18BrClN2O3S. The number of nitrogens with one attached hydrogen (secondary N) is 1.